The Morgan fingerprint density at radius 1 is 1.17 bits per heavy atom. The van der Waals surface area contributed by atoms with Crippen LogP contribution in [0.2, 0.25) is 5.02 Å². The van der Waals surface area contributed by atoms with Crippen molar-refractivity contribution in [3.63, 3.8) is 0 Å². The fourth-order valence-corrected chi connectivity index (χ4v) is 2.00. The zero-order valence-electron chi connectivity index (χ0n) is 12.1. The van der Waals surface area contributed by atoms with Crippen molar-refractivity contribution in [1.82, 2.24) is 5.43 Å². The molecule has 0 saturated heterocycles. The number of amides is 1. The number of alkyl halides is 2. The molecule has 0 saturated carbocycles. The lowest BCUT2D eigenvalue weighted by Crippen LogP contribution is -2.19. The van der Waals surface area contributed by atoms with E-state index >= 15 is 0 Å². The molecule has 2 aromatic carbocycles. The predicted molar refractivity (Wildman–Crippen MR) is 84.2 cm³/mol. The Hall–Kier alpha value is -2.47. The summed E-state index contributed by atoms with van der Waals surface area (Å²) in [6, 6.07) is 12.5. The largest absolute Gasteiger partial charge is 0.435 e. The van der Waals surface area contributed by atoms with E-state index in [1.807, 2.05) is 0 Å². The number of hydrazone groups is 1. The van der Waals surface area contributed by atoms with Gasteiger partial charge in [0.2, 0.25) is 0 Å². The summed E-state index contributed by atoms with van der Waals surface area (Å²) in [5.41, 5.74) is 3.88. The fourth-order valence-electron chi connectivity index (χ4n) is 1.78. The summed E-state index contributed by atoms with van der Waals surface area (Å²) in [7, 11) is 0. The lowest BCUT2D eigenvalue weighted by Gasteiger charge is -2.06. The maximum atomic E-state index is 12.1. The first-order valence-electron chi connectivity index (χ1n) is 6.62. The molecule has 0 bridgehead atoms. The third kappa shape index (κ3) is 4.75. The number of nitrogens with one attached hydrogen (secondary N) is 1. The molecule has 7 heteroatoms. The first-order valence-corrected chi connectivity index (χ1v) is 6.99. The van der Waals surface area contributed by atoms with Crippen LogP contribution < -0.4 is 10.2 Å². The van der Waals surface area contributed by atoms with E-state index in [0.29, 0.717) is 21.9 Å². The third-order valence-electron chi connectivity index (χ3n) is 2.94. The minimum Gasteiger partial charge on any atom is -0.435 e. The van der Waals surface area contributed by atoms with E-state index in [1.54, 1.807) is 43.3 Å². The normalized spacial score (nSPS) is 11.4. The molecular formula is C16H13ClF2N2O2. The molecule has 4 nitrogen and oxygen atoms in total. The molecule has 0 aliphatic rings. The van der Waals surface area contributed by atoms with Gasteiger partial charge in [-0.05, 0) is 48.9 Å². The molecule has 1 N–H and O–H groups in total. The molecule has 0 fully saturated rings. The van der Waals surface area contributed by atoms with Crippen LogP contribution in [0.1, 0.15) is 22.8 Å². The molecule has 0 spiro atoms. The highest BCUT2D eigenvalue weighted by atomic mass is 35.5. The van der Waals surface area contributed by atoms with Gasteiger partial charge in [0.15, 0.2) is 0 Å². The van der Waals surface area contributed by atoms with Crippen LogP contribution in [-0.2, 0) is 0 Å². The van der Waals surface area contributed by atoms with Crippen molar-refractivity contribution in [3.05, 3.63) is 64.7 Å². The van der Waals surface area contributed by atoms with Crippen LogP contribution in [-0.4, -0.2) is 18.2 Å². The van der Waals surface area contributed by atoms with Gasteiger partial charge in [0, 0.05) is 0 Å². The van der Waals surface area contributed by atoms with Gasteiger partial charge in [0.05, 0.1) is 16.3 Å². The van der Waals surface area contributed by atoms with E-state index in [2.05, 4.69) is 15.3 Å². The number of rotatable bonds is 5. The third-order valence-corrected chi connectivity index (χ3v) is 3.27. The Bertz CT molecular complexity index is 718. The average Bonchev–Trinajstić information content (AvgIpc) is 2.53. The predicted octanol–water partition coefficient (Wildman–Crippen LogP) is 4.10. The van der Waals surface area contributed by atoms with E-state index in [-0.39, 0.29) is 5.75 Å². The summed E-state index contributed by atoms with van der Waals surface area (Å²) in [5, 5.41) is 4.30. The Labute approximate surface area is 136 Å². The molecule has 2 rings (SSSR count). The van der Waals surface area contributed by atoms with Crippen molar-refractivity contribution in [3.8, 4) is 5.75 Å². The Morgan fingerprint density at radius 3 is 2.43 bits per heavy atom. The average molecular weight is 339 g/mol. The lowest BCUT2D eigenvalue weighted by atomic mass is 10.1. The van der Waals surface area contributed by atoms with E-state index in [0.717, 1.165) is 0 Å². The van der Waals surface area contributed by atoms with Gasteiger partial charge in [0.1, 0.15) is 5.75 Å². The van der Waals surface area contributed by atoms with E-state index in [9.17, 15) is 13.6 Å². The fraction of sp³-hybridized carbons (Fsp3) is 0.125. The molecule has 0 unspecified atom stereocenters. The number of halogens is 3. The highest BCUT2D eigenvalue weighted by Gasteiger charge is 2.09. The SMILES string of the molecule is C/C(=N/NC(=O)c1ccccc1Cl)c1ccc(OC(F)F)cc1. The maximum Gasteiger partial charge on any atom is 0.387 e. The van der Waals surface area contributed by atoms with Crippen LogP contribution >= 0.6 is 11.6 Å². The van der Waals surface area contributed by atoms with Gasteiger partial charge in [0.25, 0.3) is 5.91 Å². The van der Waals surface area contributed by atoms with Crippen molar-refractivity contribution < 1.29 is 18.3 Å². The molecule has 1 amide bonds. The van der Waals surface area contributed by atoms with Gasteiger partial charge in [-0.15, -0.1) is 0 Å². The minimum atomic E-state index is -2.87. The van der Waals surface area contributed by atoms with Crippen LogP contribution in [0, 0.1) is 0 Å². The van der Waals surface area contributed by atoms with Crippen molar-refractivity contribution in [2.45, 2.75) is 13.5 Å². The number of benzene rings is 2. The van der Waals surface area contributed by atoms with Crippen LogP contribution in [0.4, 0.5) is 8.78 Å². The number of carbonyl (C=O) groups is 1. The van der Waals surface area contributed by atoms with Gasteiger partial charge in [-0.3, -0.25) is 4.79 Å². The van der Waals surface area contributed by atoms with Gasteiger partial charge < -0.3 is 4.74 Å². The second-order valence-electron chi connectivity index (χ2n) is 4.52. The quantitative estimate of drug-likeness (QED) is 0.659. The molecule has 2 aromatic rings. The molecule has 23 heavy (non-hydrogen) atoms. The second kappa shape index (κ2) is 7.69. The highest BCUT2D eigenvalue weighted by molar-refractivity contribution is 6.33. The summed E-state index contributed by atoms with van der Waals surface area (Å²) in [4.78, 5) is 12.0. The van der Waals surface area contributed by atoms with Crippen LogP contribution in [0.5, 0.6) is 5.75 Å². The smallest absolute Gasteiger partial charge is 0.387 e. The van der Waals surface area contributed by atoms with E-state index in [1.165, 1.54) is 12.1 Å². The minimum absolute atomic E-state index is 0.0525. The molecule has 0 aliphatic carbocycles. The summed E-state index contributed by atoms with van der Waals surface area (Å²) in [6.07, 6.45) is 0. The Kier molecular flexibility index (Phi) is 5.65. The monoisotopic (exact) mass is 338 g/mol. The standard InChI is InChI=1S/C16H13ClF2N2O2/c1-10(11-6-8-12(9-7-11)23-16(18)19)20-21-15(22)13-4-2-3-5-14(13)17/h2-9,16H,1H3,(H,21,22)/b20-10-. The molecule has 0 heterocycles. The number of nitrogens with zero attached hydrogens (tertiary/aromatic N) is 1. The maximum absolute atomic E-state index is 12.1. The lowest BCUT2D eigenvalue weighted by molar-refractivity contribution is -0.0498. The second-order valence-corrected chi connectivity index (χ2v) is 4.93. The van der Waals surface area contributed by atoms with Crippen molar-refractivity contribution in [1.29, 1.82) is 0 Å². The summed E-state index contributed by atoms with van der Waals surface area (Å²) in [6.45, 7) is -1.19. The van der Waals surface area contributed by atoms with Crippen molar-refractivity contribution in [2.75, 3.05) is 0 Å². The molecule has 0 radical (unpaired) electrons. The summed E-state index contributed by atoms with van der Waals surface area (Å²) < 4.78 is 28.4. The van der Waals surface area contributed by atoms with E-state index < -0.39 is 12.5 Å². The van der Waals surface area contributed by atoms with Crippen molar-refractivity contribution >= 4 is 23.2 Å². The zero-order chi connectivity index (χ0) is 16.8. The topological polar surface area (TPSA) is 50.7 Å². The summed E-state index contributed by atoms with van der Waals surface area (Å²) in [5.74, 6) is -0.385. The van der Waals surface area contributed by atoms with Gasteiger partial charge in [-0.2, -0.15) is 13.9 Å². The zero-order valence-corrected chi connectivity index (χ0v) is 12.8. The number of hydrogen-bond acceptors (Lipinski definition) is 3. The van der Waals surface area contributed by atoms with Crippen LogP contribution in [0.3, 0.4) is 0 Å². The number of ether oxygens (including phenoxy) is 1. The van der Waals surface area contributed by atoms with Gasteiger partial charge in [-0.25, -0.2) is 5.43 Å². The summed E-state index contributed by atoms with van der Waals surface area (Å²) >= 11 is 5.93. The van der Waals surface area contributed by atoms with Gasteiger partial charge in [-0.1, -0.05) is 23.7 Å². The van der Waals surface area contributed by atoms with Gasteiger partial charge >= 0.3 is 6.61 Å². The first-order chi connectivity index (χ1) is 11.0. The molecule has 0 atom stereocenters. The first kappa shape index (κ1) is 16.9. The van der Waals surface area contributed by atoms with E-state index in [4.69, 9.17) is 11.6 Å². The molecular weight excluding hydrogens is 326 g/mol. The van der Waals surface area contributed by atoms with Crippen molar-refractivity contribution in [2.24, 2.45) is 5.10 Å². The molecule has 0 aromatic heterocycles. The molecule has 0 aliphatic heterocycles. The van der Waals surface area contributed by atoms with Crippen LogP contribution in [0.15, 0.2) is 53.6 Å². The Morgan fingerprint density at radius 2 is 1.83 bits per heavy atom. The highest BCUT2D eigenvalue weighted by Crippen LogP contribution is 2.16. The Balaban J connectivity index is 2.05. The molecule has 120 valence electrons. The number of carbonyl (C=O) groups excluding carboxylic acids is 1. The van der Waals surface area contributed by atoms with Crippen LogP contribution in [0.25, 0.3) is 0 Å². The number of hydrogen-bond donors (Lipinski definition) is 1.